The van der Waals surface area contributed by atoms with Crippen molar-refractivity contribution >= 4 is 11.7 Å². The van der Waals surface area contributed by atoms with Gasteiger partial charge < -0.3 is 10.6 Å². The van der Waals surface area contributed by atoms with E-state index in [0.717, 1.165) is 6.42 Å². The molecule has 1 atom stereocenters. The molecule has 2 N–H and O–H groups in total. The van der Waals surface area contributed by atoms with E-state index >= 15 is 0 Å². The van der Waals surface area contributed by atoms with Crippen molar-refractivity contribution in [3.8, 4) is 6.07 Å². The van der Waals surface area contributed by atoms with Crippen molar-refractivity contribution in [3.05, 3.63) is 18.1 Å². The predicted octanol–water partition coefficient (Wildman–Crippen LogP) is 0.0388. The number of carbonyl (C=O) groups excluding carboxylic acids is 1. The molecule has 1 amide bonds. The normalized spacial score (nSPS) is 19.7. The highest BCUT2D eigenvalue weighted by Gasteiger charge is 2.17. The molecular weight excluding hydrogens is 206 g/mol. The Hall–Kier alpha value is -2.16. The Kier molecular flexibility index (Phi) is 2.96. The van der Waals surface area contributed by atoms with Gasteiger partial charge in [-0.2, -0.15) is 5.26 Å². The molecule has 1 aliphatic heterocycles. The minimum absolute atomic E-state index is 0.0870. The van der Waals surface area contributed by atoms with Crippen LogP contribution in [0.15, 0.2) is 12.4 Å². The molecule has 0 bridgehead atoms. The smallest absolute Gasteiger partial charge is 0.220 e. The Morgan fingerprint density at radius 1 is 1.50 bits per heavy atom. The van der Waals surface area contributed by atoms with E-state index in [9.17, 15) is 4.79 Å². The number of aromatic nitrogens is 2. The van der Waals surface area contributed by atoms with E-state index in [1.807, 2.05) is 6.07 Å². The molecule has 0 saturated carbocycles. The number of rotatable bonds is 2. The van der Waals surface area contributed by atoms with Crippen LogP contribution in [-0.4, -0.2) is 28.5 Å². The molecule has 2 rings (SSSR count). The first kappa shape index (κ1) is 10.4. The number of anilines is 1. The van der Waals surface area contributed by atoms with Gasteiger partial charge in [0.25, 0.3) is 0 Å². The summed E-state index contributed by atoms with van der Waals surface area (Å²) < 4.78 is 0. The number of hydrogen-bond donors (Lipinski definition) is 2. The van der Waals surface area contributed by atoms with Crippen LogP contribution < -0.4 is 10.6 Å². The summed E-state index contributed by atoms with van der Waals surface area (Å²) in [4.78, 5) is 18.9. The van der Waals surface area contributed by atoms with E-state index < -0.39 is 0 Å². The molecule has 16 heavy (non-hydrogen) atoms. The second kappa shape index (κ2) is 4.57. The molecule has 1 fully saturated rings. The monoisotopic (exact) mass is 217 g/mol. The van der Waals surface area contributed by atoms with Crippen LogP contribution in [0.5, 0.6) is 0 Å². The number of nitrogens with zero attached hydrogens (tertiary/aromatic N) is 3. The van der Waals surface area contributed by atoms with Crippen molar-refractivity contribution < 1.29 is 4.79 Å². The first-order valence-corrected chi connectivity index (χ1v) is 5.03. The minimum Gasteiger partial charge on any atom is -0.364 e. The molecule has 1 saturated heterocycles. The molecule has 82 valence electrons. The minimum atomic E-state index is 0.0870. The summed E-state index contributed by atoms with van der Waals surface area (Å²) in [5, 5.41) is 14.5. The number of amides is 1. The third-order valence-electron chi connectivity index (χ3n) is 2.38. The van der Waals surface area contributed by atoms with Gasteiger partial charge in [-0.1, -0.05) is 0 Å². The van der Waals surface area contributed by atoms with Gasteiger partial charge in [0, 0.05) is 19.0 Å². The van der Waals surface area contributed by atoms with E-state index in [-0.39, 0.29) is 11.9 Å². The van der Waals surface area contributed by atoms with Crippen LogP contribution in [0.4, 0.5) is 5.82 Å². The molecular formula is C10H11N5O. The predicted molar refractivity (Wildman–Crippen MR) is 56.4 cm³/mol. The van der Waals surface area contributed by atoms with Gasteiger partial charge in [-0.05, 0) is 6.42 Å². The summed E-state index contributed by atoms with van der Waals surface area (Å²) >= 11 is 0. The summed E-state index contributed by atoms with van der Waals surface area (Å²) in [6.07, 6.45) is 4.26. The van der Waals surface area contributed by atoms with Crippen molar-refractivity contribution in [1.82, 2.24) is 15.3 Å². The topological polar surface area (TPSA) is 90.7 Å². The average Bonchev–Trinajstić information content (AvgIpc) is 2.33. The quantitative estimate of drug-likeness (QED) is 0.729. The van der Waals surface area contributed by atoms with Crippen LogP contribution in [0, 0.1) is 11.3 Å². The van der Waals surface area contributed by atoms with Crippen molar-refractivity contribution in [2.45, 2.75) is 18.9 Å². The summed E-state index contributed by atoms with van der Waals surface area (Å²) in [5.74, 6) is 0.712. The summed E-state index contributed by atoms with van der Waals surface area (Å²) in [6.45, 7) is 0.598. The highest BCUT2D eigenvalue weighted by atomic mass is 16.1. The van der Waals surface area contributed by atoms with Gasteiger partial charge in [-0.25, -0.2) is 9.97 Å². The van der Waals surface area contributed by atoms with Crippen LogP contribution in [0.2, 0.25) is 0 Å². The lowest BCUT2D eigenvalue weighted by molar-refractivity contribution is -0.122. The summed E-state index contributed by atoms with van der Waals surface area (Å²) in [6, 6.07) is 2.09. The second-order valence-corrected chi connectivity index (χ2v) is 3.58. The Bertz CT molecular complexity index is 412. The maximum atomic E-state index is 10.9. The van der Waals surface area contributed by atoms with Crippen molar-refractivity contribution in [2.75, 3.05) is 11.9 Å². The van der Waals surface area contributed by atoms with E-state index in [1.165, 1.54) is 12.4 Å². The van der Waals surface area contributed by atoms with E-state index in [4.69, 9.17) is 5.26 Å². The number of piperidine rings is 1. The van der Waals surface area contributed by atoms with Crippen molar-refractivity contribution in [3.63, 3.8) is 0 Å². The highest BCUT2D eigenvalue weighted by Crippen LogP contribution is 2.09. The Labute approximate surface area is 92.7 Å². The third-order valence-corrected chi connectivity index (χ3v) is 2.38. The van der Waals surface area contributed by atoms with Crippen LogP contribution in [0.3, 0.4) is 0 Å². The van der Waals surface area contributed by atoms with E-state index in [0.29, 0.717) is 24.5 Å². The fourth-order valence-electron chi connectivity index (χ4n) is 1.53. The largest absolute Gasteiger partial charge is 0.364 e. The first-order valence-electron chi connectivity index (χ1n) is 5.03. The van der Waals surface area contributed by atoms with Crippen LogP contribution in [0.25, 0.3) is 0 Å². The molecule has 2 heterocycles. The lowest BCUT2D eigenvalue weighted by Crippen LogP contribution is -2.42. The van der Waals surface area contributed by atoms with Gasteiger partial charge in [0.05, 0.1) is 12.4 Å². The zero-order valence-electron chi connectivity index (χ0n) is 8.60. The van der Waals surface area contributed by atoms with E-state index in [1.54, 1.807) is 0 Å². The zero-order valence-corrected chi connectivity index (χ0v) is 8.60. The van der Waals surface area contributed by atoms with Gasteiger partial charge in [0.15, 0.2) is 5.69 Å². The maximum absolute atomic E-state index is 10.9. The van der Waals surface area contributed by atoms with Crippen molar-refractivity contribution in [2.24, 2.45) is 0 Å². The highest BCUT2D eigenvalue weighted by molar-refractivity contribution is 5.76. The van der Waals surface area contributed by atoms with Crippen LogP contribution in [0.1, 0.15) is 18.5 Å². The number of nitrogens with one attached hydrogen (secondary N) is 2. The SMILES string of the molecule is N#Cc1cnc(NC2CCC(=O)NC2)cn1. The Morgan fingerprint density at radius 2 is 2.38 bits per heavy atom. The molecule has 1 aromatic heterocycles. The lowest BCUT2D eigenvalue weighted by atomic mass is 10.1. The zero-order chi connectivity index (χ0) is 11.4. The summed E-state index contributed by atoms with van der Waals surface area (Å²) in [7, 11) is 0. The molecule has 1 aliphatic rings. The molecule has 6 heteroatoms. The van der Waals surface area contributed by atoms with E-state index in [2.05, 4.69) is 20.6 Å². The van der Waals surface area contributed by atoms with Crippen LogP contribution in [-0.2, 0) is 4.79 Å². The fraction of sp³-hybridized carbons (Fsp3) is 0.400. The van der Waals surface area contributed by atoms with Gasteiger partial charge in [-0.15, -0.1) is 0 Å². The van der Waals surface area contributed by atoms with Crippen LogP contribution >= 0.6 is 0 Å². The third kappa shape index (κ3) is 2.45. The Morgan fingerprint density at radius 3 is 2.94 bits per heavy atom. The average molecular weight is 217 g/mol. The Balaban J connectivity index is 1.94. The number of hydrogen-bond acceptors (Lipinski definition) is 5. The van der Waals surface area contributed by atoms with Gasteiger partial charge >= 0.3 is 0 Å². The second-order valence-electron chi connectivity index (χ2n) is 3.58. The van der Waals surface area contributed by atoms with Gasteiger partial charge in [0.1, 0.15) is 11.9 Å². The first-order chi connectivity index (χ1) is 7.78. The molecule has 0 aliphatic carbocycles. The molecule has 0 radical (unpaired) electrons. The van der Waals surface area contributed by atoms with Gasteiger partial charge in [-0.3, -0.25) is 4.79 Å². The molecule has 6 nitrogen and oxygen atoms in total. The standard InChI is InChI=1S/C10H11N5O/c11-3-8-5-13-9(6-12-8)15-7-1-2-10(16)14-4-7/h5-7H,1-2,4H2,(H,13,15)(H,14,16). The molecule has 1 aromatic rings. The van der Waals surface area contributed by atoms with Crippen molar-refractivity contribution in [1.29, 1.82) is 5.26 Å². The lowest BCUT2D eigenvalue weighted by Gasteiger charge is -2.23. The fourth-order valence-corrected chi connectivity index (χ4v) is 1.53. The number of nitriles is 1. The van der Waals surface area contributed by atoms with Gasteiger partial charge in [0.2, 0.25) is 5.91 Å². The maximum Gasteiger partial charge on any atom is 0.220 e. The summed E-state index contributed by atoms with van der Waals surface area (Å²) in [5.41, 5.74) is 0.294. The molecule has 0 spiro atoms. The molecule has 0 aromatic carbocycles. The molecule has 1 unspecified atom stereocenters. The number of carbonyl (C=O) groups is 1.